The van der Waals surface area contributed by atoms with Gasteiger partial charge in [0.15, 0.2) is 56.6 Å². The first kappa shape index (κ1) is 86.7. The van der Waals surface area contributed by atoms with E-state index in [4.69, 9.17) is 80.5 Å². The number of rotatable bonds is 26. The fourth-order valence-corrected chi connectivity index (χ4v) is 13.7. The molecule has 0 unspecified atom stereocenters. The third-order valence-corrected chi connectivity index (χ3v) is 19.5. The van der Waals surface area contributed by atoms with Crippen molar-refractivity contribution in [3.05, 3.63) is 0 Å². The molecule has 27 N–H and O–H groups in total. The summed E-state index contributed by atoms with van der Waals surface area (Å²) in [5, 5.41) is 272. The first-order chi connectivity index (χ1) is 50.1. The molecule has 47 heteroatoms. The lowest BCUT2D eigenvalue weighted by molar-refractivity contribution is -0.408. The summed E-state index contributed by atoms with van der Waals surface area (Å²) in [5.74, 6) is -2.72. The van der Waals surface area contributed by atoms with Gasteiger partial charge in [-0.2, -0.15) is 0 Å². The average Bonchev–Trinajstić information content (AvgIpc) is 0.759. The Morgan fingerprint density at radius 2 is 0.670 bits per heavy atom. The van der Waals surface area contributed by atoms with Crippen molar-refractivity contribution < 1.29 is 217 Å². The van der Waals surface area contributed by atoms with Crippen molar-refractivity contribution in [2.45, 2.75) is 298 Å². The molecule has 0 aromatic carbocycles. The summed E-state index contributed by atoms with van der Waals surface area (Å²) in [6.45, 7) is -4.24. The van der Waals surface area contributed by atoms with Crippen LogP contribution in [-0.2, 0) is 94.9 Å². The standard InChI is InChI=1S/C59H99N3O44/c1-13-28(73)35(80)41(86)56(92-13)104-48-26(61-15(3)70)51(89)93-23(10-68)46(48)102-52-25(60-14(2)69)34(79)44(21(8-66)97-52)101-59-50(106-55-39(84)29(74)17(72)11-90-55)49(33(78)24(99-59)12-91-54-40(85)36(81)30(75)18(5-63)95-54)105-58-43(88)38(83)45(22(9-67)98-58)100-53-27(62-16(4)71)47(32(77)20(7-65)94-53)103-57-42(87)37(82)31(76)19(6-64)96-57/h13,17-59,63-68,72-89H,5-12H2,1-4H3,(H,60,69)(H,61,70)(H,62,71)/t13-,17+,18+,19+,20+,21+,22+,23+,24+,25+,26+,27+,28+,29-,30+,31-,32+,33+,34+,35+,36-,37-,38+,39+,40-,41-,42+,43-,44+,45+,46+,47+,48+,49-,50-,51+,52-,53-,54-,55-,56-,57-,58+,59-/m0/s1. The normalized spacial score (nSPS) is 50.4. The van der Waals surface area contributed by atoms with Gasteiger partial charge in [-0.3, -0.25) is 14.4 Å². The van der Waals surface area contributed by atoms with Gasteiger partial charge in [0.25, 0.3) is 0 Å². The zero-order valence-corrected chi connectivity index (χ0v) is 57.0. The van der Waals surface area contributed by atoms with Gasteiger partial charge in [0, 0.05) is 20.8 Å². The van der Waals surface area contributed by atoms with Crippen molar-refractivity contribution in [1.82, 2.24) is 16.0 Å². The fraction of sp³-hybridized carbons (Fsp3) is 0.949. The number of ether oxygens (including phenoxy) is 17. The topological polar surface area (TPSA) is 730 Å². The first-order valence-corrected chi connectivity index (χ1v) is 33.9. The third kappa shape index (κ3) is 18.8. The van der Waals surface area contributed by atoms with Crippen LogP contribution in [-0.4, -0.2) is 463 Å². The van der Waals surface area contributed by atoms with Crippen LogP contribution in [0.1, 0.15) is 27.7 Å². The third-order valence-electron chi connectivity index (χ3n) is 19.5. The summed E-state index contributed by atoms with van der Waals surface area (Å²) in [5.41, 5.74) is 0. The predicted octanol–water partition coefficient (Wildman–Crippen LogP) is -18.5. The van der Waals surface area contributed by atoms with E-state index in [0.29, 0.717) is 0 Å². The minimum atomic E-state index is -2.52. The second-order valence-corrected chi connectivity index (χ2v) is 27.0. The molecule has 106 heavy (non-hydrogen) atoms. The lowest BCUT2D eigenvalue weighted by atomic mass is 9.93. The minimum Gasteiger partial charge on any atom is -0.394 e. The Balaban J connectivity index is 1.06. The molecule has 9 aliphatic rings. The van der Waals surface area contributed by atoms with Gasteiger partial charge >= 0.3 is 0 Å². The van der Waals surface area contributed by atoms with E-state index in [9.17, 15) is 137 Å². The van der Waals surface area contributed by atoms with E-state index in [-0.39, 0.29) is 0 Å². The van der Waals surface area contributed by atoms with Crippen LogP contribution in [0.5, 0.6) is 0 Å². The molecule has 47 nitrogen and oxygen atoms in total. The van der Waals surface area contributed by atoms with Crippen LogP contribution in [0.3, 0.4) is 0 Å². The van der Waals surface area contributed by atoms with Crippen LogP contribution in [0.4, 0.5) is 0 Å². The zero-order valence-electron chi connectivity index (χ0n) is 57.0. The van der Waals surface area contributed by atoms with Gasteiger partial charge in [0.1, 0.15) is 207 Å². The maximum atomic E-state index is 13.2. The highest BCUT2D eigenvalue weighted by Crippen LogP contribution is 2.40. The highest BCUT2D eigenvalue weighted by molar-refractivity contribution is 5.74. The molecular weight excluding hydrogens is 1450 g/mol. The summed E-state index contributed by atoms with van der Waals surface area (Å²) >= 11 is 0. The number of aliphatic hydroxyl groups is 24. The molecule has 0 bridgehead atoms. The maximum absolute atomic E-state index is 13.2. The molecule has 0 radical (unpaired) electrons. The van der Waals surface area contributed by atoms with Crippen molar-refractivity contribution >= 4 is 17.7 Å². The second-order valence-electron chi connectivity index (χ2n) is 27.0. The SMILES string of the molecule is CC(=O)N[C@@H]1[C@@H](O[C@@H]2O[C@@H](C)[C@@H](O)[C@@H](O)[C@@H]2O)[C@H](O[C@@H]2O[C@H](CO)[C@@H](O[C@@H]3O[C@H](CO[C@H]4O[C@H](CO)[C@@H](O)[C@H](O)[C@@H]4O)[C@@H](O)[C@H](O[C@H]4O[C@H](CO)[C@@H](O[C@@H]5O[C@H](CO)[C@@H](O)[C@H](O[C@@H]6O[C@H](CO)[C@H](O)[C@H](O)[C@H]6O)[C@H]5NC(C)=O)[C@H](O)[C@@H]4O)[C@@H]3O[C@@H]3OC[C@@H](O)[C@H](O)[C@H]3O)[C@H](O)[C@H]2NC(C)=O)[C@@H](CO)O[C@H]1O. The Morgan fingerprint density at radius 1 is 0.302 bits per heavy atom. The van der Waals surface area contributed by atoms with E-state index in [1.807, 2.05) is 0 Å². The van der Waals surface area contributed by atoms with Crippen LogP contribution in [0.2, 0.25) is 0 Å². The Labute approximate surface area is 600 Å². The summed E-state index contributed by atoms with van der Waals surface area (Å²) in [6.07, 6.45) is -83.6. The Kier molecular flexibility index (Phi) is 30.8. The molecule has 9 fully saturated rings. The molecule has 3 amide bonds. The van der Waals surface area contributed by atoms with Gasteiger partial charge in [-0.25, -0.2) is 0 Å². The summed E-state index contributed by atoms with van der Waals surface area (Å²) in [7, 11) is 0. The number of nitrogens with one attached hydrogen (secondary N) is 3. The molecule has 9 saturated heterocycles. The zero-order chi connectivity index (χ0) is 77.9. The van der Waals surface area contributed by atoms with Gasteiger partial charge in [-0.15, -0.1) is 0 Å². The molecule has 9 aliphatic heterocycles. The minimum absolute atomic E-state index is 0.812. The number of hydrogen-bond acceptors (Lipinski definition) is 44. The van der Waals surface area contributed by atoms with Gasteiger partial charge in [0.05, 0.1) is 59.0 Å². The first-order valence-electron chi connectivity index (χ1n) is 33.9. The predicted molar refractivity (Wildman–Crippen MR) is 324 cm³/mol. The monoisotopic (exact) mass is 1550 g/mol. The molecule has 44 atom stereocenters. The van der Waals surface area contributed by atoms with Crippen LogP contribution in [0.25, 0.3) is 0 Å². The van der Waals surface area contributed by atoms with E-state index < -0.39 is 341 Å². The van der Waals surface area contributed by atoms with E-state index >= 15 is 0 Å². The molecule has 614 valence electrons. The molecule has 0 spiro atoms. The van der Waals surface area contributed by atoms with Gasteiger partial charge in [-0.05, 0) is 6.92 Å². The van der Waals surface area contributed by atoms with Crippen molar-refractivity contribution in [2.24, 2.45) is 0 Å². The molecule has 0 saturated carbocycles. The quantitative estimate of drug-likeness (QED) is 0.0382. The molecule has 9 rings (SSSR count). The fourth-order valence-electron chi connectivity index (χ4n) is 13.7. The number of carbonyl (C=O) groups is 3. The largest absolute Gasteiger partial charge is 0.394 e. The number of amides is 3. The molecule has 0 aromatic rings. The van der Waals surface area contributed by atoms with E-state index in [0.717, 1.165) is 20.8 Å². The van der Waals surface area contributed by atoms with Crippen LogP contribution >= 0.6 is 0 Å². The van der Waals surface area contributed by atoms with Crippen molar-refractivity contribution in [3.8, 4) is 0 Å². The van der Waals surface area contributed by atoms with Gasteiger partial charge in [-0.1, -0.05) is 0 Å². The summed E-state index contributed by atoms with van der Waals surface area (Å²) < 4.78 is 101. The highest BCUT2D eigenvalue weighted by Gasteiger charge is 2.61. The van der Waals surface area contributed by atoms with Crippen molar-refractivity contribution in [3.63, 3.8) is 0 Å². The molecular formula is C59H99N3O44. The molecule has 0 aliphatic carbocycles. The Hall–Kier alpha value is -3.23. The number of carbonyl (C=O) groups excluding carboxylic acids is 3. The van der Waals surface area contributed by atoms with Crippen LogP contribution in [0, 0.1) is 0 Å². The lowest BCUT2D eigenvalue weighted by Gasteiger charge is -2.52. The number of hydrogen-bond donors (Lipinski definition) is 27. The maximum Gasteiger partial charge on any atom is 0.217 e. The lowest BCUT2D eigenvalue weighted by Crippen LogP contribution is -2.71. The van der Waals surface area contributed by atoms with Crippen LogP contribution in [0.15, 0.2) is 0 Å². The summed E-state index contributed by atoms with van der Waals surface area (Å²) in [4.78, 5) is 38.8. The molecule has 0 aromatic heterocycles. The van der Waals surface area contributed by atoms with Gasteiger partial charge in [0.2, 0.25) is 17.7 Å². The smallest absolute Gasteiger partial charge is 0.217 e. The van der Waals surface area contributed by atoms with E-state index in [2.05, 4.69) is 16.0 Å². The van der Waals surface area contributed by atoms with Crippen LogP contribution < -0.4 is 16.0 Å². The van der Waals surface area contributed by atoms with Crippen molar-refractivity contribution in [2.75, 3.05) is 52.9 Å². The second kappa shape index (κ2) is 37.6. The number of aliphatic hydroxyl groups excluding tert-OH is 24. The average molecular weight is 1550 g/mol. The Morgan fingerprint density at radius 3 is 1.24 bits per heavy atom. The Bertz CT molecular complexity index is 2760. The van der Waals surface area contributed by atoms with Gasteiger partial charge < -0.3 is 219 Å². The van der Waals surface area contributed by atoms with Crippen molar-refractivity contribution in [1.29, 1.82) is 0 Å². The molecule has 9 heterocycles. The highest BCUT2D eigenvalue weighted by atomic mass is 16.8. The summed E-state index contributed by atoms with van der Waals surface area (Å²) in [6, 6.07) is -5.57. The van der Waals surface area contributed by atoms with E-state index in [1.54, 1.807) is 0 Å². The van der Waals surface area contributed by atoms with E-state index in [1.165, 1.54) is 6.92 Å².